The Kier molecular flexibility index (Phi) is 2.44. The number of carbonyl (C=O) groups excluding carboxylic acids is 1. The Labute approximate surface area is 97.3 Å². The Morgan fingerprint density at radius 2 is 2.44 bits per heavy atom. The SMILES string of the molecule is O=C1c2c(csc2F)CN1C1CCCNC1. The molecule has 1 saturated heterocycles. The zero-order valence-corrected chi connectivity index (χ0v) is 9.65. The van der Waals surface area contributed by atoms with Crippen molar-refractivity contribution in [2.45, 2.75) is 25.4 Å². The lowest BCUT2D eigenvalue weighted by molar-refractivity contribution is 0.0671. The second kappa shape index (κ2) is 3.82. The van der Waals surface area contributed by atoms with Crippen molar-refractivity contribution in [1.82, 2.24) is 10.2 Å². The molecule has 0 bridgehead atoms. The van der Waals surface area contributed by atoms with Crippen LogP contribution in [0, 0.1) is 5.13 Å². The first kappa shape index (κ1) is 10.2. The molecule has 86 valence electrons. The number of amides is 1. The molecule has 1 N–H and O–H groups in total. The monoisotopic (exact) mass is 240 g/mol. The zero-order valence-electron chi connectivity index (χ0n) is 8.83. The number of halogens is 1. The fourth-order valence-electron chi connectivity index (χ4n) is 2.50. The first-order valence-electron chi connectivity index (χ1n) is 5.55. The van der Waals surface area contributed by atoms with Gasteiger partial charge in [-0.2, -0.15) is 4.39 Å². The van der Waals surface area contributed by atoms with E-state index in [1.807, 2.05) is 4.90 Å². The van der Waals surface area contributed by atoms with Gasteiger partial charge in [0.1, 0.15) is 0 Å². The lowest BCUT2D eigenvalue weighted by atomic mass is 10.1. The van der Waals surface area contributed by atoms with Gasteiger partial charge < -0.3 is 10.2 Å². The van der Waals surface area contributed by atoms with Gasteiger partial charge in [0.15, 0.2) is 5.13 Å². The van der Waals surface area contributed by atoms with Crippen LogP contribution in [0.5, 0.6) is 0 Å². The molecule has 5 heteroatoms. The Bertz CT molecular complexity index is 426. The van der Waals surface area contributed by atoms with Crippen LogP contribution in [0.4, 0.5) is 4.39 Å². The molecule has 0 aliphatic carbocycles. The molecular weight excluding hydrogens is 227 g/mol. The number of hydrogen-bond donors (Lipinski definition) is 1. The molecule has 1 amide bonds. The van der Waals surface area contributed by atoms with E-state index < -0.39 is 0 Å². The molecule has 0 saturated carbocycles. The Hall–Kier alpha value is -0.940. The number of rotatable bonds is 1. The smallest absolute Gasteiger partial charge is 0.258 e. The highest BCUT2D eigenvalue weighted by molar-refractivity contribution is 7.08. The second-order valence-corrected chi connectivity index (χ2v) is 5.17. The summed E-state index contributed by atoms with van der Waals surface area (Å²) in [5.74, 6) is -0.123. The van der Waals surface area contributed by atoms with Crippen LogP contribution in [0.3, 0.4) is 0 Å². The van der Waals surface area contributed by atoms with Gasteiger partial charge in [-0.3, -0.25) is 4.79 Å². The van der Waals surface area contributed by atoms with Gasteiger partial charge in [0.25, 0.3) is 5.91 Å². The highest BCUT2D eigenvalue weighted by Crippen LogP contribution is 2.32. The van der Waals surface area contributed by atoms with E-state index in [9.17, 15) is 9.18 Å². The highest BCUT2D eigenvalue weighted by atomic mass is 32.1. The highest BCUT2D eigenvalue weighted by Gasteiger charge is 2.36. The minimum absolute atomic E-state index is 0.123. The van der Waals surface area contributed by atoms with Gasteiger partial charge >= 0.3 is 0 Å². The van der Waals surface area contributed by atoms with Gasteiger partial charge in [-0.05, 0) is 30.3 Å². The van der Waals surface area contributed by atoms with Crippen molar-refractivity contribution < 1.29 is 9.18 Å². The average molecular weight is 240 g/mol. The summed E-state index contributed by atoms with van der Waals surface area (Å²) in [6.07, 6.45) is 2.11. The molecule has 0 radical (unpaired) electrons. The molecule has 3 rings (SSSR count). The summed E-state index contributed by atoms with van der Waals surface area (Å²) in [7, 11) is 0. The first-order valence-corrected chi connectivity index (χ1v) is 6.43. The maximum Gasteiger partial charge on any atom is 0.258 e. The number of nitrogens with one attached hydrogen (secondary N) is 1. The lowest BCUT2D eigenvalue weighted by Gasteiger charge is -2.31. The van der Waals surface area contributed by atoms with Crippen LogP contribution in [0.2, 0.25) is 0 Å². The summed E-state index contributed by atoms with van der Waals surface area (Å²) in [5.41, 5.74) is 1.17. The predicted molar refractivity (Wildman–Crippen MR) is 60.0 cm³/mol. The molecule has 0 spiro atoms. The number of thiophene rings is 1. The van der Waals surface area contributed by atoms with Crippen molar-refractivity contribution in [2.75, 3.05) is 13.1 Å². The van der Waals surface area contributed by atoms with Crippen LogP contribution in [0.15, 0.2) is 5.38 Å². The number of hydrogen-bond acceptors (Lipinski definition) is 3. The van der Waals surface area contributed by atoms with Gasteiger partial charge in [-0.1, -0.05) is 0 Å². The van der Waals surface area contributed by atoms with E-state index in [0.717, 1.165) is 42.8 Å². The Balaban J connectivity index is 1.83. The minimum atomic E-state index is -0.328. The molecular formula is C11H13FN2OS. The van der Waals surface area contributed by atoms with Crippen LogP contribution in [0.1, 0.15) is 28.8 Å². The van der Waals surface area contributed by atoms with Gasteiger partial charge in [0.2, 0.25) is 0 Å². The summed E-state index contributed by atoms with van der Waals surface area (Å²) in [6, 6.07) is 0.234. The predicted octanol–water partition coefficient (Wildman–Crippen LogP) is 1.59. The zero-order chi connectivity index (χ0) is 11.1. The molecule has 2 aliphatic heterocycles. The quantitative estimate of drug-likeness (QED) is 0.808. The summed E-state index contributed by atoms with van der Waals surface area (Å²) >= 11 is 1.03. The molecule has 0 aromatic carbocycles. The van der Waals surface area contributed by atoms with E-state index in [4.69, 9.17) is 0 Å². The second-order valence-electron chi connectivity index (χ2n) is 4.34. The lowest BCUT2D eigenvalue weighted by Crippen LogP contribution is -2.46. The fourth-order valence-corrected chi connectivity index (χ4v) is 3.27. The van der Waals surface area contributed by atoms with Crippen LogP contribution in [-0.4, -0.2) is 29.9 Å². The molecule has 3 nitrogen and oxygen atoms in total. The van der Waals surface area contributed by atoms with Crippen LogP contribution >= 0.6 is 11.3 Å². The van der Waals surface area contributed by atoms with E-state index in [2.05, 4.69) is 5.32 Å². The van der Waals surface area contributed by atoms with E-state index in [0.29, 0.717) is 12.1 Å². The third-order valence-electron chi connectivity index (χ3n) is 3.35. The Morgan fingerprint density at radius 3 is 3.12 bits per heavy atom. The van der Waals surface area contributed by atoms with Crippen LogP contribution < -0.4 is 5.32 Å². The normalized spacial score (nSPS) is 24.9. The molecule has 16 heavy (non-hydrogen) atoms. The fraction of sp³-hybridized carbons (Fsp3) is 0.545. The maximum atomic E-state index is 13.4. The van der Waals surface area contributed by atoms with Crippen LogP contribution in [-0.2, 0) is 6.54 Å². The van der Waals surface area contributed by atoms with Gasteiger partial charge in [0, 0.05) is 19.1 Å². The maximum absolute atomic E-state index is 13.4. The van der Waals surface area contributed by atoms with Crippen molar-refractivity contribution in [2.24, 2.45) is 0 Å². The Morgan fingerprint density at radius 1 is 1.56 bits per heavy atom. The minimum Gasteiger partial charge on any atom is -0.330 e. The number of nitrogens with zero attached hydrogens (tertiary/aromatic N) is 1. The number of piperidine rings is 1. The average Bonchev–Trinajstić information content (AvgIpc) is 2.83. The molecule has 2 aliphatic rings. The molecule has 1 aromatic heterocycles. The van der Waals surface area contributed by atoms with Gasteiger partial charge in [0.05, 0.1) is 5.56 Å². The van der Waals surface area contributed by atoms with Crippen molar-refractivity contribution in [1.29, 1.82) is 0 Å². The topological polar surface area (TPSA) is 32.3 Å². The van der Waals surface area contributed by atoms with Crippen molar-refractivity contribution in [3.63, 3.8) is 0 Å². The van der Waals surface area contributed by atoms with E-state index in [1.54, 1.807) is 5.38 Å². The van der Waals surface area contributed by atoms with E-state index in [1.165, 1.54) is 0 Å². The van der Waals surface area contributed by atoms with Gasteiger partial charge in [-0.15, -0.1) is 11.3 Å². The summed E-state index contributed by atoms with van der Waals surface area (Å²) in [4.78, 5) is 13.9. The third kappa shape index (κ3) is 1.46. The molecule has 1 fully saturated rings. The largest absolute Gasteiger partial charge is 0.330 e. The van der Waals surface area contributed by atoms with Gasteiger partial charge in [-0.25, -0.2) is 0 Å². The summed E-state index contributed by atoms with van der Waals surface area (Å²) in [5, 5.41) is 4.72. The van der Waals surface area contributed by atoms with Crippen molar-refractivity contribution >= 4 is 17.2 Å². The van der Waals surface area contributed by atoms with Crippen LogP contribution in [0.25, 0.3) is 0 Å². The molecule has 1 unspecified atom stereocenters. The first-order chi connectivity index (χ1) is 7.77. The molecule has 1 aromatic rings. The molecule has 3 heterocycles. The summed E-state index contributed by atoms with van der Waals surface area (Å²) in [6.45, 7) is 2.44. The molecule has 1 atom stereocenters. The summed E-state index contributed by atoms with van der Waals surface area (Å²) < 4.78 is 13.4. The number of carbonyl (C=O) groups is 1. The van der Waals surface area contributed by atoms with E-state index >= 15 is 0 Å². The standard InChI is InChI=1S/C11H13FN2OS/c12-10-9-7(6-16-10)5-14(11(9)15)8-2-1-3-13-4-8/h6,8,13H,1-5H2. The van der Waals surface area contributed by atoms with Crippen molar-refractivity contribution in [3.8, 4) is 0 Å². The number of fused-ring (bicyclic) bond motifs is 1. The van der Waals surface area contributed by atoms with E-state index in [-0.39, 0.29) is 17.1 Å². The van der Waals surface area contributed by atoms with Crippen molar-refractivity contribution in [3.05, 3.63) is 21.6 Å². The third-order valence-corrected chi connectivity index (χ3v) is 4.16.